The minimum absolute atomic E-state index is 0.225. The quantitative estimate of drug-likeness (QED) is 0.136. The van der Waals surface area contributed by atoms with Crippen LogP contribution in [0, 0.1) is 0 Å². The van der Waals surface area contributed by atoms with Gasteiger partial charge >= 0.3 is 0 Å². The molecule has 0 fully saturated rings. The highest BCUT2D eigenvalue weighted by Crippen LogP contribution is 2.35. The smallest absolute Gasteiger partial charge is 0.164 e. The molecule has 624 valence electrons. The van der Waals surface area contributed by atoms with Crippen molar-refractivity contribution in [3.8, 4) is 137 Å². The maximum absolute atomic E-state index is 14.2. The van der Waals surface area contributed by atoms with E-state index in [1.807, 2.05) is 0 Å². The Morgan fingerprint density at radius 3 is 0.238 bits per heavy atom. The van der Waals surface area contributed by atoms with Gasteiger partial charge in [0.1, 0.15) is 0 Å². The third-order valence-corrected chi connectivity index (χ3v) is 31.0. The van der Waals surface area contributed by atoms with E-state index in [0.717, 1.165) is 0 Å². The summed E-state index contributed by atoms with van der Waals surface area (Å²) in [4.78, 5) is 59.3. The summed E-state index contributed by atoms with van der Waals surface area (Å²) in [5, 5.41) is 0. The Labute approximate surface area is 727 Å². The average Bonchev–Trinajstić information content (AvgIpc) is 0.801. The molecule has 16 aromatic rings. The van der Waals surface area contributed by atoms with E-state index >= 15 is 0 Å². The standard InChI is InChI=1S/C96H72N12O12S6/c109-121(110)49-61-1-25-73(26-2-61)85-97-86-74-29-5-63(6-30-74)51-122(111,112)53-65-13-37-79(38-14-65)91-103-93-81-41-17-69(18-42-81)57-124(115,116)55-67-9-33-77(34-10-67)89-100-88(76-27-3-62(50-121)4-28-76)101-90(102-89)78-35-11-68(12-36-78)56-125(117,118)58-70-19-43-82(44-20-70)94-104-92(80-39-15-66(16-40-80)54-123(113,114)52-64-7-31-75(32-8-64)87(98-85)99-86)106-96(108-94)84-47-23-72(24-48-84)60-126(119,120)59-71-21-45-83(46-22-71)95(105-91)107-93/h1-48H,49-60H2. The first-order valence-electron chi connectivity index (χ1n) is 39.9. The van der Waals surface area contributed by atoms with Crippen LogP contribution in [0.3, 0.4) is 0 Å². The molecule has 0 amide bonds. The van der Waals surface area contributed by atoms with E-state index in [1.165, 1.54) is 0 Å². The number of rotatable bonds is 0. The molecule has 0 aliphatic carbocycles. The maximum Gasteiger partial charge on any atom is 0.164 e. The molecule has 24 nitrogen and oxygen atoms in total. The summed E-state index contributed by atoms with van der Waals surface area (Å²) < 4.78 is 171. The Morgan fingerprint density at radius 2 is 0.175 bits per heavy atom. The lowest BCUT2D eigenvalue weighted by Crippen LogP contribution is -2.08. The van der Waals surface area contributed by atoms with Gasteiger partial charge in [-0.25, -0.2) is 110 Å². The second kappa shape index (κ2) is 33.1. The van der Waals surface area contributed by atoms with Crippen LogP contribution in [0.25, 0.3) is 137 Å². The van der Waals surface area contributed by atoms with E-state index in [0.29, 0.717) is 134 Å². The molecule has 0 spiro atoms. The van der Waals surface area contributed by atoms with E-state index in [1.54, 1.807) is 291 Å². The zero-order chi connectivity index (χ0) is 86.7. The van der Waals surface area contributed by atoms with Crippen LogP contribution >= 0.6 is 0 Å². The molecule has 56 rings (SSSR count). The van der Waals surface area contributed by atoms with Crippen molar-refractivity contribution in [2.75, 3.05) is 0 Å². The highest BCUT2D eigenvalue weighted by Gasteiger charge is 2.26. The normalized spacial score (nSPS) is 16.0. The lowest BCUT2D eigenvalue weighted by Gasteiger charge is -2.12. The predicted octanol–water partition coefficient (Wildman–Crippen LogP) is 16.1. The summed E-state index contributed by atoms with van der Waals surface area (Å²) >= 11 is 0. The molecule has 0 saturated carbocycles. The molecule has 0 atom stereocenters. The van der Waals surface area contributed by atoms with Crippen LogP contribution in [0.2, 0.25) is 0 Å². The van der Waals surface area contributed by atoms with Crippen LogP contribution in [0.1, 0.15) is 66.8 Å². The molecule has 126 heavy (non-hydrogen) atoms. The summed E-state index contributed by atoms with van der Waals surface area (Å²) in [5.74, 6) is -1.27. The number of aromatic nitrogens is 12. The molecule has 44 heterocycles. The number of benzene rings is 12. The zero-order valence-electron chi connectivity index (χ0n) is 66.9. The summed E-state index contributed by atoms with van der Waals surface area (Å²) in [6.45, 7) is 0. The number of nitrogens with zero attached hydrogens (tertiary/aromatic N) is 12. The van der Waals surface area contributed by atoms with Gasteiger partial charge in [-0.3, -0.25) is 0 Å². The molecular formula is C96H72N12O12S6. The minimum atomic E-state index is -3.84. The highest BCUT2D eigenvalue weighted by molar-refractivity contribution is 7.91. The Morgan fingerprint density at radius 1 is 0.111 bits per heavy atom. The van der Waals surface area contributed by atoms with Crippen LogP contribution in [0.4, 0.5) is 0 Å². The van der Waals surface area contributed by atoms with Crippen molar-refractivity contribution in [2.24, 2.45) is 0 Å². The summed E-state index contributed by atoms with van der Waals surface area (Å²) in [6, 6.07) is 81.8. The predicted molar refractivity (Wildman–Crippen MR) is 483 cm³/mol. The summed E-state index contributed by atoms with van der Waals surface area (Å²) in [6.07, 6.45) is 0. The van der Waals surface area contributed by atoms with Crippen LogP contribution in [-0.4, -0.2) is 110 Å². The fraction of sp³-hybridized carbons (Fsp3) is 0.125. The second-order valence-electron chi connectivity index (χ2n) is 31.8. The van der Waals surface area contributed by atoms with Crippen molar-refractivity contribution in [3.05, 3.63) is 358 Å². The molecule has 0 saturated heterocycles. The van der Waals surface area contributed by atoms with E-state index in [-0.39, 0.29) is 139 Å². The fourth-order valence-electron chi connectivity index (χ4n) is 15.4. The van der Waals surface area contributed by atoms with E-state index < -0.39 is 59.0 Å². The Kier molecular flexibility index (Phi) is 21.6. The van der Waals surface area contributed by atoms with E-state index in [4.69, 9.17) is 59.8 Å². The lowest BCUT2D eigenvalue weighted by atomic mass is 10.1. The van der Waals surface area contributed by atoms with Gasteiger partial charge in [0, 0.05) is 66.8 Å². The number of hydrogen-bond donors (Lipinski definition) is 0. The highest BCUT2D eigenvalue weighted by atomic mass is 32.2. The summed E-state index contributed by atoms with van der Waals surface area (Å²) in [5.41, 5.74) is 11.9. The van der Waals surface area contributed by atoms with Gasteiger partial charge in [0.05, 0.1) is 69.0 Å². The van der Waals surface area contributed by atoms with Gasteiger partial charge in [-0.1, -0.05) is 291 Å². The van der Waals surface area contributed by atoms with Crippen LogP contribution in [0.5, 0.6) is 0 Å². The molecular weight excluding hydrogens is 1710 g/mol. The molecule has 0 N–H and O–H groups in total. The first-order valence-corrected chi connectivity index (χ1v) is 50.9. The molecule has 40 aliphatic rings. The van der Waals surface area contributed by atoms with Crippen molar-refractivity contribution >= 4 is 59.0 Å². The summed E-state index contributed by atoms with van der Waals surface area (Å²) in [7, 11) is -23.0. The lowest BCUT2D eigenvalue weighted by molar-refractivity contribution is 0.592. The van der Waals surface area contributed by atoms with Crippen LogP contribution in [0.15, 0.2) is 291 Å². The van der Waals surface area contributed by atoms with Crippen molar-refractivity contribution in [1.82, 2.24) is 59.8 Å². The molecule has 36 bridgehead atoms. The maximum atomic E-state index is 14.2. The van der Waals surface area contributed by atoms with Crippen molar-refractivity contribution in [3.63, 3.8) is 0 Å². The largest absolute Gasteiger partial charge is 0.228 e. The van der Waals surface area contributed by atoms with Crippen molar-refractivity contribution in [2.45, 2.75) is 69.0 Å². The SMILES string of the molecule is O=S1(=O)Cc2ccc(cc2)-c2nc3nc(n2)-c2ccc(cc2)CS(=O)(=O)Cc2ccc(cc2)-c2nc4nc(n2)-c2ccc(cc2)CS(=O)(=O)Cc2ccc(cc2)-c2nc(nc(n2)-c2ccc(cc2)CS(=O)(=O)Cc2ccc(cc2)-c2nc(nc(n2)-c2ccc(cc2)CS(=O)(=O)Cc2ccc-4cc2)-c2ccc(cc2)C1)-c1ccc(cc1)CS(=O)(=O)Cc1ccc-3cc1. The fourth-order valence-corrected chi connectivity index (χ4v) is 24.4. The molecule has 40 aliphatic heterocycles. The third-order valence-electron chi connectivity index (χ3n) is 21.7. The molecule has 0 unspecified atom stereocenters. The Hall–Kier alpha value is -13.6. The first-order chi connectivity index (χ1) is 60.5. The minimum Gasteiger partial charge on any atom is -0.228 e. The average molecular weight is 1780 g/mol. The van der Waals surface area contributed by atoms with Gasteiger partial charge in [0.15, 0.2) is 129 Å². The molecule has 0 radical (unpaired) electrons. The molecule has 30 heteroatoms. The number of sulfone groups is 6. The van der Waals surface area contributed by atoms with Crippen molar-refractivity contribution in [1.29, 1.82) is 0 Å². The van der Waals surface area contributed by atoms with Gasteiger partial charge in [-0.2, -0.15) is 0 Å². The molecule has 12 aromatic carbocycles. The number of hydrogen-bond acceptors (Lipinski definition) is 24. The van der Waals surface area contributed by atoms with Gasteiger partial charge in [-0.15, -0.1) is 0 Å². The van der Waals surface area contributed by atoms with E-state index in [9.17, 15) is 50.5 Å². The first kappa shape index (κ1) is 82.0. The van der Waals surface area contributed by atoms with Gasteiger partial charge in [0.25, 0.3) is 0 Å². The molecule has 4 aromatic heterocycles. The van der Waals surface area contributed by atoms with Crippen LogP contribution in [-0.2, 0) is 128 Å². The monoisotopic (exact) mass is 1780 g/mol. The Balaban J connectivity index is 0.761. The van der Waals surface area contributed by atoms with Crippen molar-refractivity contribution < 1.29 is 50.5 Å². The third kappa shape index (κ3) is 19.2. The zero-order valence-corrected chi connectivity index (χ0v) is 71.8. The topological polar surface area (TPSA) is 360 Å². The van der Waals surface area contributed by atoms with E-state index in [2.05, 4.69) is 0 Å². The van der Waals surface area contributed by atoms with Gasteiger partial charge in [-0.05, 0) is 66.8 Å². The van der Waals surface area contributed by atoms with Crippen LogP contribution < -0.4 is 0 Å². The van der Waals surface area contributed by atoms with Gasteiger partial charge < -0.3 is 0 Å². The van der Waals surface area contributed by atoms with Gasteiger partial charge in [0.2, 0.25) is 0 Å². The second-order valence-corrected chi connectivity index (χ2v) is 44.2. The Bertz CT molecular complexity index is 6040.